The smallest absolute Gasteiger partial charge is 0.151 e. The summed E-state index contributed by atoms with van der Waals surface area (Å²) < 4.78 is 7.50. The van der Waals surface area contributed by atoms with E-state index < -0.39 is 0 Å². The van der Waals surface area contributed by atoms with Gasteiger partial charge in [0, 0.05) is 26.9 Å². The molecule has 1 aliphatic rings. The Bertz CT molecular complexity index is 594. The molecule has 0 aliphatic carbocycles. The van der Waals surface area contributed by atoms with Crippen LogP contribution in [0.4, 0.5) is 5.82 Å². The zero-order chi connectivity index (χ0) is 14.8. The first-order valence-corrected chi connectivity index (χ1v) is 7.24. The summed E-state index contributed by atoms with van der Waals surface area (Å²) in [6.07, 6.45) is 6.11. The number of aromatic nitrogens is 4. The van der Waals surface area contributed by atoms with E-state index in [0.717, 1.165) is 30.9 Å². The number of rotatable bonds is 4. The Hall–Kier alpha value is -1.95. The van der Waals surface area contributed by atoms with E-state index in [9.17, 15) is 0 Å². The molecule has 0 unspecified atom stereocenters. The molecule has 0 spiro atoms. The van der Waals surface area contributed by atoms with E-state index in [1.807, 2.05) is 37.0 Å². The van der Waals surface area contributed by atoms with Gasteiger partial charge in [0.05, 0.1) is 24.0 Å². The van der Waals surface area contributed by atoms with Crippen LogP contribution in [-0.4, -0.2) is 45.8 Å². The summed E-state index contributed by atoms with van der Waals surface area (Å²) in [4.78, 5) is 2.30. The van der Waals surface area contributed by atoms with Crippen molar-refractivity contribution in [3.05, 3.63) is 35.8 Å². The normalized spacial score (nSPS) is 22.0. The minimum absolute atomic E-state index is 0.216. The highest BCUT2D eigenvalue weighted by Crippen LogP contribution is 2.28. The van der Waals surface area contributed by atoms with Gasteiger partial charge in [-0.05, 0) is 37.5 Å². The second-order valence-corrected chi connectivity index (χ2v) is 5.58. The molecule has 21 heavy (non-hydrogen) atoms. The van der Waals surface area contributed by atoms with Crippen molar-refractivity contribution in [3.8, 4) is 0 Å². The van der Waals surface area contributed by atoms with Crippen molar-refractivity contribution < 1.29 is 4.74 Å². The highest BCUT2D eigenvalue weighted by Gasteiger charge is 2.35. The first-order valence-electron chi connectivity index (χ1n) is 7.24. The Morgan fingerprint density at radius 1 is 1.33 bits per heavy atom. The molecule has 0 radical (unpaired) electrons. The molecular formula is C15H21N5O. The Morgan fingerprint density at radius 2 is 2.19 bits per heavy atom. The van der Waals surface area contributed by atoms with E-state index in [1.54, 1.807) is 7.11 Å². The zero-order valence-corrected chi connectivity index (χ0v) is 12.7. The van der Waals surface area contributed by atoms with Crippen molar-refractivity contribution in [1.29, 1.82) is 0 Å². The summed E-state index contributed by atoms with van der Waals surface area (Å²) >= 11 is 0. The molecule has 6 heteroatoms. The van der Waals surface area contributed by atoms with E-state index in [2.05, 4.69) is 26.4 Å². The van der Waals surface area contributed by atoms with E-state index in [4.69, 9.17) is 4.74 Å². The van der Waals surface area contributed by atoms with Crippen molar-refractivity contribution in [1.82, 2.24) is 20.0 Å². The Labute approximate surface area is 124 Å². The molecule has 1 aliphatic heterocycles. The van der Waals surface area contributed by atoms with Gasteiger partial charge in [-0.2, -0.15) is 10.2 Å². The van der Waals surface area contributed by atoms with Gasteiger partial charge in [0.25, 0.3) is 0 Å². The molecule has 6 nitrogen and oxygen atoms in total. The van der Waals surface area contributed by atoms with E-state index in [0.29, 0.717) is 0 Å². The Balaban J connectivity index is 1.83. The lowest BCUT2D eigenvalue weighted by atomic mass is 10.0. The SMILES string of the molecule is CO[C@H]1CCN(c2ccc(C)nn2)[C@H]1Cc1cnn(C)c1. The highest BCUT2D eigenvalue weighted by molar-refractivity contribution is 5.41. The molecule has 3 rings (SSSR count). The van der Waals surface area contributed by atoms with E-state index in [1.165, 1.54) is 5.56 Å². The lowest BCUT2D eigenvalue weighted by molar-refractivity contribution is 0.0953. The number of hydrogen-bond acceptors (Lipinski definition) is 5. The van der Waals surface area contributed by atoms with Crippen molar-refractivity contribution in [2.24, 2.45) is 7.05 Å². The largest absolute Gasteiger partial charge is 0.379 e. The summed E-state index contributed by atoms with van der Waals surface area (Å²) in [6.45, 7) is 2.90. The van der Waals surface area contributed by atoms with Crippen LogP contribution in [0.15, 0.2) is 24.5 Å². The van der Waals surface area contributed by atoms with Crippen LogP contribution in [0.5, 0.6) is 0 Å². The molecule has 0 amide bonds. The maximum Gasteiger partial charge on any atom is 0.151 e. The Morgan fingerprint density at radius 3 is 2.81 bits per heavy atom. The number of methoxy groups -OCH3 is 1. The standard InChI is InChI=1S/C15H21N5O/c1-11-4-5-15(18-17-11)20-7-6-14(21-3)13(20)8-12-9-16-19(2)10-12/h4-5,9-10,13-14H,6-8H2,1-3H3/t13-,14-/m0/s1. The van der Waals surface area contributed by atoms with Gasteiger partial charge in [-0.25, -0.2) is 0 Å². The van der Waals surface area contributed by atoms with Gasteiger partial charge < -0.3 is 9.64 Å². The number of anilines is 1. The van der Waals surface area contributed by atoms with Crippen LogP contribution in [0, 0.1) is 6.92 Å². The van der Waals surface area contributed by atoms with E-state index in [-0.39, 0.29) is 12.1 Å². The first-order chi connectivity index (χ1) is 10.2. The predicted molar refractivity (Wildman–Crippen MR) is 80.2 cm³/mol. The molecule has 0 saturated carbocycles. The van der Waals surface area contributed by atoms with Crippen molar-refractivity contribution >= 4 is 5.82 Å². The zero-order valence-electron chi connectivity index (χ0n) is 12.7. The summed E-state index contributed by atoms with van der Waals surface area (Å²) in [6, 6.07) is 4.32. The van der Waals surface area contributed by atoms with Crippen LogP contribution in [0.1, 0.15) is 17.7 Å². The fraction of sp³-hybridized carbons (Fsp3) is 0.533. The molecule has 1 fully saturated rings. The number of ether oxygens (including phenoxy) is 1. The molecule has 2 aromatic heterocycles. The van der Waals surface area contributed by atoms with E-state index >= 15 is 0 Å². The molecule has 0 bridgehead atoms. The molecule has 2 aromatic rings. The quantitative estimate of drug-likeness (QED) is 0.849. The average Bonchev–Trinajstić information content (AvgIpc) is 3.07. The van der Waals surface area contributed by atoms with Gasteiger partial charge in [-0.3, -0.25) is 4.68 Å². The minimum Gasteiger partial charge on any atom is -0.379 e. The third kappa shape index (κ3) is 2.90. The summed E-state index contributed by atoms with van der Waals surface area (Å²) in [5, 5.41) is 12.7. The molecule has 2 atom stereocenters. The topological polar surface area (TPSA) is 56.1 Å². The van der Waals surface area contributed by atoms with Crippen molar-refractivity contribution in [3.63, 3.8) is 0 Å². The van der Waals surface area contributed by atoms with Crippen LogP contribution in [0.2, 0.25) is 0 Å². The molecule has 3 heterocycles. The summed E-state index contributed by atoms with van der Waals surface area (Å²) in [7, 11) is 3.72. The van der Waals surface area contributed by atoms with Gasteiger partial charge in [-0.15, -0.1) is 5.10 Å². The maximum atomic E-state index is 5.66. The van der Waals surface area contributed by atoms with Crippen LogP contribution >= 0.6 is 0 Å². The lowest BCUT2D eigenvalue weighted by Gasteiger charge is -2.27. The number of aryl methyl sites for hydroxylation is 2. The van der Waals surface area contributed by atoms with Crippen LogP contribution < -0.4 is 4.90 Å². The molecule has 0 N–H and O–H groups in total. The third-order valence-corrected chi connectivity index (χ3v) is 4.07. The molecular weight excluding hydrogens is 266 g/mol. The lowest BCUT2D eigenvalue weighted by Crippen LogP contribution is -2.38. The van der Waals surface area contributed by atoms with Crippen molar-refractivity contribution in [2.75, 3.05) is 18.6 Å². The van der Waals surface area contributed by atoms with Gasteiger partial charge in [0.15, 0.2) is 5.82 Å². The second-order valence-electron chi connectivity index (χ2n) is 5.58. The minimum atomic E-state index is 0.216. The summed E-state index contributed by atoms with van der Waals surface area (Å²) in [5.41, 5.74) is 2.15. The van der Waals surface area contributed by atoms with Gasteiger partial charge >= 0.3 is 0 Å². The fourth-order valence-electron chi connectivity index (χ4n) is 2.99. The van der Waals surface area contributed by atoms with Gasteiger partial charge in [0.2, 0.25) is 0 Å². The Kier molecular flexibility index (Phi) is 3.88. The van der Waals surface area contributed by atoms with Gasteiger partial charge in [-0.1, -0.05) is 0 Å². The molecule has 0 aromatic carbocycles. The second kappa shape index (κ2) is 5.81. The monoisotopic (exact) mass is 287 g/mol. The molecule has 112 valence electrons. The maximum absolute atomic E-state index is 5.66. The average molecular weight is 287 g/mol. The summed E-state index contributed by atoms with van der Waals surface area (Å²) in [5.74, 6) is 0.925. The third-order valence-electron chi connectivity index (χ3n) is 4.07. The number of nitrogens with zero attached hydrogens (tertiary/aromatic N) is 5. The molecule has 1 saturated heterocycles. The first kappa shape index (κ1) is 14.0. The van der Waals surface area contributed by atoms with Crippen LogP contribution in [0.3, 0.4) is 0 Å². The highest BCUT2D eigenvalue weighted by atomic mass is 16.5. The predicted octanol–water partition coefficient (Wildman–Crippen LogP) is 1.35. The van der Waals surface area contributed by atoms with Gasteiger partial charge in [0.1, 0.15) is 0 Å². The van der Waals surface area contributed by atoms with Crippen LogP contribution in [0.25, 0.3) is 0 Å². The fourth-order valence-corrected chi connectivity index (χ4v) is 2.99. The van der Waals surface area contributed by atoms with Crippen molar-refractivity contribution in [2.45, 2.75) is 31.9 Å². The van der Waals surface area contributed by atoms with Crippen LogP contribution in [-0.2, 0) is 18.2 Å². The number of hydrogen-bond donors (Lipinski definition) is 0.